The van der Waals surface area contributed by atoms with Crippen LogP contribution in [0.15, 0.2) is 24.3 Å². The Morgan fingerprint density at radius 1 is 1.19 bits per heavy atom. The Bertz CT molecular complexity index is 707. The summed E-state index contributed by atoms with van der Waals surface area (Å²) in [6, 6.07) is 7.29. The molecule has 0 saturated carbocycles. The van der Waals surface area contributed by atoms with Gasteiger partial charge in [0.25, 0.3) is 0 Å². The van der Waals surface area contributed by atoms with E-state index < -0.39 is 49.0 Å². The van der Waals surface area contributed by atoms with Gasteiger partial charge in [-0.2, -0.15) is 13.2 Å². The molecule has 3 atom stereocenters. The molecule has 1 amide bonds. The summed E-state index contributed by atoms with van der Waals surface area (Å²) in [5.74, 6) is -5.57. The van der Waals surface area contributed by atoms with E-state index in [2.05, 4.69) is 0 Å². The van der Waals surface area contributed by atoms with Crippen LogP contribution in [0.2, 0.25) is 0 Å². The van der Waals surface area contributed by atoms with Crippen molar-refractivity contribution in [2.24, 2.45) is 11.8 Å². The SMILES string of the molecule is CC(C(=O)N1C[C@@H](C(F)(F)F)[C@H](C(=O)O)C1)N1CCc2ccccc2C1. The lowest BCUT2D eigenvalue weighted by molar-refractivity contribution is -0.188. The Hall–Kier alpha value is -2.09. The first-order valence-electron chi connectivity index (χ1n) is 8.57. The first kappa shape index (κ1) is 18.7. The molecule has 2 heterocycles. The van der Waals surface area contributed by atoms with Crippen molar-refractivity contribution in [1.82, 2.24) is 9.80 Å². The van der Waals surface area contributed by atoms with Crippen LogP contribution in [0.25, 0.3) is 0 Å². The third-order valence-corrected chi connectivity index (χ3v) is 5.43. The number of hydrogen-bond donors (Lipinski definition) is 1. The third-order valence-electron chi connectivity index (χ3n) is 5.43. The van der Waals surface area contributed by atoms with E-state index >= 15 is 0 Å². The van der Waals surface area contributed by atoms with Crippen molar-refractivity contribution in [2.45, 2.75) is 32.1 Å². The highest BCUT2D eigenvalue weighted by Gasteiger charge is 2.54. The van der Waals surface area contributed by atoms with Gasteiger partial charge in [-0.25, -0.2) is 0 Å². The number of alkyl halides is 3. The molecule has 142 valence electrons. The Morgan fingerprint density at radius 3 is 2.42 bits per heavy atom. The molecule has 2 aliphatic rings. The van der Waals surface area contributed by atoms with E-state index in [0.717, 1.165) is 16.9 Å². The van der Waals surface area contributed by atoms with Crippen LogP contribution in [0.4, 0.5) is 13.2 Å². The summed E-state index contributed by atoms with van der Waals surface area (Å²) in [6.45, 7) is 1.89. The third kappa shape index (κ3) is 3.56. The van der Waals surface area contributed by atoms with Gasteiger partial charge in [0, 0.05) is 26.2 Å². The van der Waals surface area contributed by atoms with Crippen molar-refractivity contribution in [3.8, 4) is 0 Å². The number of carboxylic acids is 1. The quantitative estimate of drug-likeness (QED) is 0.886. The van der Waals surface area contributed by atoms with E-state index in [-0.39, 0.29) is 0 Å². The number of aliphatic carboxylic acids is 1. The number of fused-ring (bicyclic) bond motifs is 1. The number of rotatable bonds is 3. The number of nitrogens with zero attached hydrogens (tertiary/aromatic N) is 2. The van der Waals surface area contributed by atoms with Crippen LogP contribution in [0.1, 0.15) is 18.1 Å². The maximum atomic E-state index is 13.1. The molecule has 26 heavy (non-hydrogen) atoms. The largest absolute Gasteiger partial charge is 0.481 e. The molecule has 8 heteroatoms. The predicted octanol–water partition coefficient (Wildman–Crippen LogP) is 2.15. The summed E-state index contributed by atoms with van der Waals surface area (Å²) in [5.41, 5.74) is 2.32. The summed E-state index contributed by atoms with van der Waals surface area (Å²) in [5, 5.41) is 9.09. The molecular weight excluding hydrogens is 349 g/mol. The Labute approximate surface area is 149 Å². The average Bonchev–Trinajstić information content (AvgIpc) is 3.06. The van der Waals surface area contributed by atoms with Crippen LogP contribution in [0.5, 0.6) is 0 Å². The van der Waals surface area contributed by atoms with Gasteiger partial charge in [0.15, 0.2) is 0 Å². The standard InChI is InChI=1S/C18H21F3N2O3/c1-11(22-7-6-12-4-2-3-5-13(12)8-22)16(24)23-9-14(17(25)26)15(10-23)18(19,20)21/h2-5,11,14-15H,6-10H2,1H3,(H,25,26)/t11?,14-,15-/m1/s1. The number of benzene rings is 1. The first-order chi connectivity index (χ1) is 12.2. The first-order valence-corrected chi connectivity index (χ1v) is 8.57. The minimum absolute atomic E-state index is 0.396. The summed E-state index contributed by atoms with van der Waals surface area (Å²) < 4.78 is 39.4. The van der Waals surface area contributed by atoms with E-state index in [1.54, 1.807) is 6.92 Å². The minimum atomic E-state index is -4.63. The molecule has 1 aromatic rings. The van der Waals surface area contributed by atoms with Gasteiger partial charge in [-0.05, 0) is 24.5 Å². The monoisotopic (exact) mass is 370 g/mol. The van der Waals surface area contributed by atoms with Crippen molar-refractivity contribution in [2.75, 3.05) is 19.6 Å². The lowest BCUT2D eigenvalue weighted by atomic mass is 9.96. The van der Waals surface area contributed by atoms with E-state index in [1.165, 1.54) is 5.56 Å². The zero-order valence-electron chi connectivity index (χ0n) is 14.4. The van der Waals surface area contributed by atoms with E-state index in [1.807, 2.05) is 29.2 Å². The zero-order valence-corrected chi connectivity index (χ0v) is 14.4. The van der Waals surface area contributed by atoms with Gasteiger partial charge in [0.2, 0.25) is 5.91 Å². The zero-order chi connectivity index (χ0) is 19.1. The lowest BCUT2D eigenvalue weighted by Crippen LogP contribution is -2.48. The maximum absolute atomic E-state index is 13.1. The second kappa shape index (κ2) is 6.90. The normalized spacial score (nSPS) is 25.0. The maximum Gasteiger partial charge on any atom is 0.394 e. The fourth-order valence-electron chi connectivity index (χ4n) is 3.83. The number of carboxylic acid groups (broad SMARTS) is 1. The predicted molar refractivity (Wildman–Crippen MR) is 87.3 cm³/mol. The molecule has 0 bridgehead atoms. The van der Waals surface area contributed by atoms with Crippen LogP contribution >= 0.6 is 0 Å². The van der Waals surface area contributed by atoms with Crippen molar-refractivity contribution in [1.29, 1.82) is 0 Å². The van der Waals surface area contributed by atoms with Crippen molar-refractivity contribution in [3.05, 3.63) is 35.4 Å². The highest BCUT2D eigenvalue weighted by atomic mass is 19.4. The number of likely N-dealkylation sites (tertiary alicyclic amines) is 1. The molecule has 3 rings (SSSR count). The van der Waals surface area contributed by atoms with Gasteiger partial charge < -0.3 is 10.0 Å². The van der Waals surface area contributed by atoms with Crippen LogP contribution in [-0.4, -0.2) is 58.6 Å². The Balaban J connectivity index is 1.70. The smallest absolute Gasteiger partial charge is 0.394 e. The van der Waals surface area contributed by atoms with Crippen molar-refractivity contribution < 1.29 is 27.9 Å². The molecule has 5 nitrogen and oxygen atoms in total. The van der Waals surface area contributed by atoms with E-state index in [9.17, 15) is 22.8 Å². The fourth-order valence-corrected chi connectivity index (χ4v) is 3.83. The van der Waals surface area contributed by atoms with Crippen molar-refractivity contribution in [3.63, 3.8) is 0 Å². The Morgan fingerprint density at radius 2 is 1.85 bits per heavy atom. The molecule has 0 spiro atoms. The molecule has 2 aliphatic heterocycles. The lowest BCUT2D eigenvalue weighted by Gasteiger charge is -2.34. The van der Waals surface area contributed by atoms with Gasteiger partial charge in [-0.3, -0.25) is 14.5 Å². The summed E-state index contributed by atoms with van der Waals surface area (Å²) in [6.07, 6.45) is -3.86. The highest BCUT2D eigenvalue weighted by Crippen LogP contribution is 2.38. The van der Waals surface area contributed by atoms with Crippen LogP contribution in [0.3, 0.4) is 0 Å². The molecule has 0 aliphatic carbocycles. The molecule has 0 aromatic heterocycles. The number of hydrogen-bond acceptors (Lipinski definition) is 3. The van der Waals surface area contributed by atoms with Gasteiger partial charge in [0.1, 0.15) is 0 Å². The van der Waals surface area contributed by atoms with Gasteiger partial charge in [0.05, 0.1) is 17.9 Å². The van der Waals surface area contributed by atoms with E-state index in [4.69, 9.17) is 5.11 Å². The number of halogens is 3. The van der Waals surface area contributed by atoms with Crippen LogP contribution in [-0.2, 0) is 22.6 Å². The number of carbonyl (C=O) groups is 2. The Kier molecular flexibility index (Phi) is 4.96. The molecule has 1 N–H and O–H groups in total. The second-order valence-electron chi connectivity index (χ2n) is 7.00. The van der Waals surface area contributed by atoms with Crippen LogP contribution < -0.4 is 0 Å². The van der Waals surface area contributed by atoms with E-state index in [0.29, 0.717) is 13.1 Å². The van der Waals surface area contributed by atoms with Gasteiger partial charge >= 0.3 is 12.1 Å². The molecule has 0 radical (unpaired) electrons. The average molecular weight is 370 g/mol. The topological polar surface area (TPSA) is 60.9 Å². The molecule has 1 saturated heterocycles. The molecular formula is C18H21F3N2O3. The minimum Gasteiger partial charge on any atom is -0.481 e. The number of amides is 1. The van der Waals surface area contributed by atoms with Gasteiger partial charge in [-0.15, -0.1) is 0 Å². The van der Waals surface area contributed by atoms with Crippen molar-refractivity contribution >= 4 is 11.9 Å². The molecule has 1 unspecified atom stereocenters. The summed E-state index contributed by atoms with van der Waals surface area (Å²) in [7, 11) is 0. The fraction of sp³-hybridized carbons (Fsp3) is 0.556. The molecule has 1 aromatic carbocycles. The summed E-state index contributed by atoms with van der Waals surface area (Å²) in [4.78, 5) is 26.9. The van der Waals surface area contributed by atoms with Gasteiger partial charge in [-0.1, -0.05) is 24.3 Å². The second-order valence-corrected chi connectivity index (χ2v) is 7.00. The summed E-state index contributed by atoms with van der Waals surface area (Å²) >= 11 is 0. The van der Waals surface area contributed by atoms with Crippen LogP contribution in [0, 0.1) is 11.8 Å². The number of carbonyl (C=O) groups excluding carboxylic acids is 1. The molecule has 1 fully saturated rings. The highest BCUT2D eigenvalue weighted by molar-refractivity contribution is 5.83.